The van der Waals surface area contributed by atoms with Gasteiger partial charge in [-0.1, -0.05) is 0 Å². The molecule has 3 nitrogen and oxygen atoms in total. The van der Waals surface area contributed by atoms with Gasteiger partial charge < -0.3 is 10.2 Å². The van der Waals surface area contributed by atoms with Crippen LogP contribution in [0.25, 0.3) is 0 Å². The highest BCUT2D eigenvalue weighted by Gasteiger charge is 2.38. The summed E-state index contributed by atoms with van der Waals surface area (Å²) in [4.78, 5) is 14.6. The van der Waals surface area contributed by atoms with Crippen molar-refractivity contribution in [3.05, 3.63) is 0 Å². The van der Waals surface area contributed by atoms with E-state index in [1.165, 1.54) is 32.1 Å². The summed E-state index contributed by atoms with van der Waals surface area (Å²) >= 11 is 0. The molecule has 4 aliphatic rings. The molecule has 98 valence electrons. The van der Waals surface area contributed by atoms with Crippen LogP contribution in [0.2, 0.25) is 0 Å². The molecule has 0 aromatic carbocycles. The van der Waals surface area contributed by atoms with Crippen molar-refractivity contribution in [3.63, 3.8) is 0 Å². The first kappa shape index (κ1) is 13.2. The van der Waals surface area contributed by atoms with E-state index in [1.807, 2.05) is 0 Å². The number of hydrogen-bond donors (Lipinski definition) is 1. The average molecular weight is 259 g/mol. The second-order valence-corrected chi connectivity index (χ2v) is 5.71. The molecule has 1 amide bonds. The number of hydrogen-bond acceptors (Lipinski definition) is 2. The summed E-state index contributed by atoms with van der Waals surface area (Å²) in [5.41, 5.74) is 0. The predicted molar refractivity (Wildman–Crippen MR) is 70.3 cm³/mol. The summed E-state index contributed by atoms with van der Waals surface area (Å²) in [6.45, 7) is 3.06. The molecule has 0 radical (unpaired) electrons. The van der Waals surface area contributed by atoms with Crippen LogP contribution in [0.4, 0.5) is 0 Å². The van der Waals surface area contributed by atoms with E-state index in [0.29, 0.717) is 11.9 Å². The third-order valence-corrected chi connectivity index (χ3v) is 4.64. The van der Waals surface area contributed by atoms with E-state index in [2.05, 4.69) is 10.2 Å². The Morgan fingerprint density at radius 2 is 1.88 bits per heavy atom. The van der Waals surface area contributed by atoms with Crippen molar-refractivity contribution in [2.75, 3.05) is 19.6 Å². The fourth-order valence-corrected chi connectivity index (χ4v) is 3.63. The Bertz CT molecular complexity index is 271. The molecule has 1 atom stereocenters. The molecule has 4 heteroatoms. The number of carbonyl (C=O) groups excluding carboxylic acids is 1. The van der Waals surface area contributed by atoms with Gasteiger partial charge in [0.2, 0.25) is 5.91 Å². The molecule has 3 aliphatic heterocycles. The first-order valence-electron chi connectivity index (χ1n) is 6.86. The van der Waals surface area contributed by atoms with Gasteiger partial charge in [-0.15, -0.1) is 12.4 Å². The van der Waals surface area contributed by atoms with Crippen LogP contribution in [-0.2, 0) is 4.79 Å². The summed E-state index contributed by atoms with van der Waals surface area (Å²) in [5.74, 6) is 1.53. The Labute approximate surface area is 110 Å². The van der Waals surface area contributed by atoms with E-state index in [9.17, 15) is 4.79 Å². The third-order valence-electron chi connectivity index (χ3n) is 4.64. The molecule has 1 saturated carbocycles. The minimum atomic E-state index is 0. The van der Waals surface area contributed by atoms with Crippen LogP contribution in [0.1, 0.15) is 38.5 Å². The van der Waals surface area contributed by atoms with Gasteiger partial charge in [-0.3, -0.25) is 4.79 Å². The van der Waals surface area contributed by atoms with Crippen LogP contribution >= 0.6 is 12.4 Å². The number of rotatable bonds is 1. The first-order chi connectivity index (χ1) is 7.84. The minimum absolute atomic E-state index is 0. The Morgan fingerprint density at radius 3 is 2.41 bits per heavy atom. The molecule has 0 aromatic heterocycles. The van der Waals surface area contributed by atoms with Gasteiger partial charge in [0.05, 0.1) is 5.92 Å². The summed E-state index contributed by atoms with van der Waals surface area (Å²) in [6.07, 6.45) is 7.50. The van der Waals surface area contributed by atoms with Crippen molar-refractivity contribution >= 4 is 18.3 Å². The number of piperidine rings is 3. The van der Waals surface area contributed by atoms with Crippen LogP contribution in [0.5, 0.6) is 0 Å². The molecule has 2 bridgehead atoms. The van der Waals surface area contributed by atoms with Gasteiger partial charge in [-0.25, -0.2) is 0 Å². The molecule has 1 unspecified atom stereocenters. The Balaban J connectivity index is 0.00000108. The number of amides is 1. The number of nitrogens with zero attached hydrogens (tertiary/aromatic N) is 1. The average Bonchev–Trinajstić information content (AvgIpc) is 2.40. The molecule has 17 heavy (non-hydrogen) atoms. The quantitative estimate of drug-likeness (QED) is 0.778. The lowest BCUT2D eigenvalue weighted by molar-refractivity contribution is -0.143. The van der Waals surface area contributed by atoms with E-state index >= 15 is 0 Å². The lowest BCUT2D eigenvalue weighted by Crippen LogP contribution is -2.54. The second-order valence-electron chi connectivity index (χ2n) is 5.71. The van der Waals surface area contributed by atoms with Crippen molar-refractivity contribution in [2.24, 2.45) is 11.8 Å². The molecule has 1 N–H and O–H groups in total. The van der Waals surface area contributed by atoms with Crippen molar-refractivity contribution < 1.29 is 4.79 Å². The maximum atomic E-state index is 12.4. The molecular formula is C13H23ClN2O. The zero-order valence-electron chi connectivity index (χ0n) is 10.4. The third kappa shape index (κ3) is 2.60. The van der Waals surface area contributed by atoms with Crippen LogP contribution in [0.15, 0.2) is 0 Å². The fraction of sp³-hybridized carbons (Fsp3) is 0.923. The van der Waals surface area contributed by atoms with Gasteiger partial charge >= 0.3 is 0 Å². The Morgan fingerprint density at radius 1 is 1.12 bits per heavy atom. The molecular weight excluding hydrogens is 236 g/mol. The highest BCUT2D eigenvalue weighted by molar-refractivity contribution is 5.85. The van der Waals surface area contributed by atoms with E-state index in [4.69, 9.17) is 0 Å². The van der Waals surface area contributed by atoms with Crippen LogP contribution in [-0.4, -0.2) is 36.5 Å². The van der Waals surface area contributed by atoms with Crippen molar-refractivity contribution in [3.8, 4) is 0 Å². The van der Waals surface area contributed by atoms with Gasteiger partial charge in [0, 0.05) is 19.1 Å². The number of carbonyl (C=O) groups is 1. The lowest BCUT2D eigenvalue weighted by atomic mass is 9.79. The SMILES string of the molecule is Cl.O=C(C1CCCNC1)N1CC2CCC1CC2. The zero-order valence-corrected chi connectivity index (χ0v) is 11.2. The zero-order chi connectivity index (χ0) is 11.0. The van der Waals surface area contributed by atoms with Crippen LogP contribution in [0, 0.1) is 11.8 Å². The molecule has 3 heterocycles. The number of fused-ring (bicyclic) bond motifs is 3. The van der Waals surface area contributed by atoms with Gasteiger partial charge in [0.15, 0.2) is 0 Å². The van der Waals surface area contributed by atoms with Crippen molar-refractivity contribution in [2.45, 2.75) is 44.6 Å². The molecule has 4 fully saturated rings. The Kier molecular flexibility index (Phi) is 4.31. The second kappa shape index (κ2) is 5.57. The highest BCUT2D eigenvalue weighted by atomic mass is 35.5. The standard InChI is InChI=1S/C13H22N2O.ClH/c16-13(11-2-1-7-14-8-11)15-9-10-3-5-12(15)6-4-10;/h10-12,14H,1-9H2;1H. The highest BCUT2D eigenvalue weighted by Crippen LogP contribution is 2.35. The van der Waals surface area contributed by atoms with Gasteiger partial charge in [0.1, 0.15) is 0 Å². The smallest absolute Gasteiger partial charge is 0.227 e. The maximum absolute atomic E-state index is 12.4. The van der Waals surface area contributed by atoms with Gasteiger partial charge in [0.25, 0.3) is 0 Å². The molecule has 0 spiro atoms. The topological polar surface area (TPSA) is 32.3 Å². The van der Waals surface area contributed by atoms with Crippen LogP contribution in [0.3, 0.4) is 0 Å². The Hall–Kier alpha value is -0.280. The minimum Gasteiger partial charge on any atom is -0.339 e. The monoisotopic (exact) mass is 258 g/mol. The van der Waals surface area contributed by atoms with Crippen LogP contribution < -0.4 is 5.32 Å². The summed E-state index contributed by atoms with van der Waals surface area (Å²) in [6, 6.07) is 0.583. The predicted octanol–water partition coefficient (Wildman–Crippen LogP) is 1.81. The summed E-state index contributed by atoms with van der Waals surface area (Å²) < 4.78 is 0. The van der Waals surface area contributed by atoms with Gasteiger partial charge in [-0.05, 0) is 51.0 Å². The fourth-order valence-electron chi connectivity index (χ4n) is 3.63. The number of nitrogens with one attached hydrogen (secondary N) is 1. The normalized spacial score (nSPS) is 36.5. The molecule has 4 rings (SSSR count). The van der Waals surface area contributed by atoms with Crippen molar-refractivity contribution in [1.82, 2.24) is 10.2 Å². The lowest BCUT2D eigenvalue weighted by Gasteiger charge is -2.46. The summed E-state index contributed by atoms with van der Waals surface area (Å²) in [5, 5.41) is 3.35. The summed E-state index contributed by atoms with van der Waals surface area (Å²) in [7, 11) is 0. The van der Waals surface area contributed by atoms with E-state index in [1.54, 1.807) is 0 Å². The largest absolute Gasteiger partial charge is 0.339 e. The molecule has 3 saturated heterocycles. The first-order valence-corrected chi connectivity index (χ1v) is 6.86. The molecule has 0 aromatic rings. The van der Waals surface area contributed by atoms with Gasteiger partial charge in [-0.2, -0.15) is 0 Å². The van der Waals surface area contributed by atoms with E-state index in [0.717, 1.165) is 32.0 Å². The van der Waals surface area contributed by atoms with E-state index < -0.39 is 0 Å². The van der Waals surface area contributed by atoms with E-state index in [-0.39, 0.29) is 18.3 Å². The molecule has 1 aliphatic carbocycles. The number of halogens is 1. The maximum Gasteiger partial charge on any atom is 0.227 e. The van der Waals surface area contributed by atoms with Crippen molar-refractivity contribution in [1.29, 1.82) is 0 Å².